The van der Waals surface area contributed by atoms with Gasteiger partial charge in [0, 0.05) is 30.9 Å². The summed E-state index contributed by atoms with van der Waals surface area (Å²) < 4.78 is 7.01. The highest BCUT2D eigenvalue weighted by atomic mass is 79.9. The molecule has 0 N–H and O–H groups in total. The molecular weight excluding hydrogens is 506 g/mol. The van der Waals surface area contributed by atoms with E-state index in [1.54, 1.807) is 22.7 Å². The number of nitrogens with zero attached hydrogens (tertiary/aromatic N) is 1. The Morgan fingerprint density at radius 2 is 1.81 bits per heavy atom. The highest BCUT2D eigenvalue weighted by Crippen LogP contribution is 2.48. The molecule has 0 atom stereocenters. The Bertz CT molecular complexity index is 1380. The van der Waals surface area contributed by atoms with Gasteiger partial charge >= 0.3 is 0 Å². The maximum Gasteiger partial charge on any atom is 0.255 e. The lowest BCUT2D eigenvalue weighted by Crippen LogP contribution is -2.26. The smallest absolute Gasteiger partial charge is 0.255 e. The van der Waals surface area contributed by atoms with E-state index in [9.17, 15) is 4.79 Å². The number of carbonyl (C=O) groups excluding carboxylic acids is 1. The molecule has 0 fully saturated rings. The predicted molar refractivity (Wildman–Crippen MR) is 135 cm³/mol. The summed E-state index contributed by atoms with van der Waals surface area (Å²) >= 11 is 11.4. The Morgan fingerprint density at radius 3 is 2.66 bits per heavy atom. The van der Waals surface area contributed by atoms with Gasteiger partial charge in [-0.1, -0.05) is 51.4 Å². The number of benzene rings is 3. The first kappa shape index (κ1) is 21.1. The van der Waals surface area contributed by atoms with Gasteiger partial charge in [-0.25, -0.2) is 0 Å². The largest absolute Gasteiger partial charge is 0.457 e. The molecule has 0 unspecified atom stereocenters. The molecule has 6 heteroatoms. The minimum Gasteiger partial charge on any atom is -0.457 e. The lowest BCUT2D eigenvalue weighted by molar-refractivity contribution is -0.113. The van der Waals surface area contributed by atoms with E-state index in [1.165, 1.54) is 6.08 Å². The molecule has 0 spiro atoms. The summed E-state index contributed by atoms with van der Waals surface area (Å²) in [5, 5.41) is 0.589. The summed E-state index contributed by atoms with van der Waals surface area (Å²) in [6.07, 6.45) is 3.24. The second-order valence-corrected chi connectivity index (χ2v) is 9.79. The fraction of sp³-hybridized carbons (Fsp3) is 0.0385. The van der Waals surface area contributed by atoms with Crippen LogP contribution in [0, 0.1) is 6.92 Å². The van der Waals surface area contributed by atoms with Crippen LogP contribution in [0.15, 0.2) is 97.6 Å². The number of amides is 1. The van der Waals surface area contributed by atoms with Crippen LogP contribution in [0.5, 0.6) is 0 Å². The van der Waals surface area contributed by atoms with Gasteiger partial charge in [-0.05, 0) is 79.2 Å². The van der Waals surface area contributed by atoms with Gasteiger partial charge in [0.25, 0.3) is 5.91 Å². The average molecular weight is 523 g/mol. The van der Waals surface area contributed by atoms with Crippen molar-refractivity contribution in [2.24, 2.45) is 0 Å². The van der Waals surface area contributed by atoms with Gasteiger partial charge in [0.2, 0.25) is 0 Å². The maximum absolute atomic E-state index is 13.3. The molecule has 0 radical (unpaired) electrons. The van der Waals surface area contributed by atoms with Crippen molar-refractivity contribution in [1.29, 1.82) is 0 Å². The first-order valence-electron chi connectivity index (χ1n) is 9.94. The average Bonchev–Trinajstić information content (AvgIpc) is 3.24. The quantitative estimate of drug-likeness (QED) is 0.253. The number of rotatable bonds is 3. The van der Waals surface area contributed by atoms with E-state index in [0.717, 1.165) is 42.5 Å². The van der Waals surface area contributed by atoms with Gasteiger partial charge in [0.05, 0.1) is 11.4 Å². The lowest BCUT2D eigenvalue weighted by atomic mass is 10.1. The van der Waals surface area contributed by atoms with Gasteiger partial charge in [0.15, 0.2) is 0 Å². The highest BCUT2D eigenvalue weighted by Gasteiger charge is 2.27. The summed E-state index contributed by atoms with van der Waals surface area (Å²) in [5.41, 5.74) is 3.75. The van der Waals surface area contributed by atoms with E-state index in [2.05, 4.69) is 15.9 Å². The van der Waals surface area contributed by atoms with E-state index >= 15 is 0 Å². The number of aryl methyl sites for hydroxylation is 1. The van der Waals surface area contributed by atoms with Gasteiger partial charge in [0.1, 0.15) is 11.5 Å². The molecule has 4 aromatic rings. The molecule has 0 saturated heterocycles. The first-order chi connectivity index (χ1) is 15.5. The third-order valence-electron chi connectivity index (χ3n) is 5.18. The summed E-state index contributed by atoms with van der Waals surface area (Å²) in [4.78, 5) is 17.0. The standard InChI is InChI=1S/C26H17BrClNO2S/c1-16-14-17(27)6-10-20(16)23-11-8-19(31-23)9-13-26(30)29-21-4-2-3-5-24(21)32-25-12-7-18(28)15-22(25)29/h2-15H,1H3/b13-9+. The summed E-state index contributed by atoms with van der Waals surface area (Å²) in [6, 6.07) is 23.3. The van der Waals surface area contributed by atoms with Crippen LogP contribution in [0.4, 0.5) is 11.4 Å². The van der Waals surface area contributed by atoms with Crippen LogP contribution in [0.2, 0.25) is 5.02 Å². The van der Waals surface area contributed by atoms with Crippen molar-refractivity contribution in [2.75, 3.05) is 4.90 Å². The third kappa shape index (κ3) is 4.04. The minimum atomic E-state index is -0.168. The number of halogens is 2. The van der Waals surface area contributed by atoms with Crippen molar-refractivity contribution in [3.63, 3.8) is 0 Å². The SMILES string of the molecule is Cc1cc(Br)ccc1-c1ccc(/C=C/C(=O)N2c3ccccc3Sc3ccc(Cl)cc32)o1. The van der Waals surface area contributed by atoms with Gasteiger partial charge in [-0.3, -0.25) is 9.69 Å². The van der Waals surface area contributed by atoms with Crippen LogP contribution < -0.4 is 4.90 Å². The van der Waals surface area contributed by atoms with Crippen molar-refractivity contribution in [3.05, 3.63) is 99.7 Å². The topological polar surface area (TPSA) is 33.5 Å². The number of carbonyl (C=O) groups is 1. The molecule has 3 nitrogen and oxygen atoms in total. The van der Waals surface area contributed by atoms with Crippen molar-refractivity contribution >= 4 is 62.7 Å². The monoisotopic (exact) mass is 521 g/mol. The number of anilines is 2. The molecule has 5 rings (SSSR count). The molecule has 1 amide bonds. The molecule has 0 saturated carbocycles. The molecule has 3 aromatic carbocycles. The summed E-state index contributed by atoms with van der Waals surface area (Å²) in [5.74, 6) is 1.21. The van der Waals surface area contributed by atoms with Gasteiger partial charge < -0.3 is 4.42 Å². The summed E-state index contributed by atoms with van der Waals surface area (Å²) in [6.45, 7) is 2.04. The normalized spacial score (nSPS) is 12.7. The Balaban J connectivity index is 1.46. The van der Waals surface area contributed by atoms with Crippen LogP contribution in [0.25, 0.3) is 17.4 Å². The lowest BCUT2D eigenvalue weighted by Gasteiger charge is -2.30. The highest BCUT2D eigenvalue weighted by molar-refractivity contribution is 9.10. The number of para-hydroxylation sites is 1. The molecule has 0 bridgehead atoms. The molecule has 2 heterocycles. The molecule has 1 aromatic heterocycles. The number of hydrogen-bond acceptors (Lipinski definition) is 3. The van der Waals surface area contributed by atoms with Crippen LogP contribution in [-0.4, -0.2) is 5.91 Å². The van der Waals surface area contributed by atoms with Crippen molar-refractivity contribution in [2.45, 2.75) is 16.7 Å². The Kier molecular flexibility index (Phi) is 5.72. The Labute approximate surface area is 203 Å². The van der Waals surface area contributed by atoms with Gasteiger partial charge in [-0.15, -0.1) is 0 Å². The minimum absolute atomic E-state index is 0.168. The van der Waals surface area contributed by atoms with Crippen LogP contribution in [0.3, 0.4) is 0 Å². The first-order valence-corrected chi connectivity index (χ1v) is 11.9. The van der Waals surface area contributed by atoms with Crippen molar-refractivity contribution in [1.82, 2.24) is 0 Å². The number of furan rings is 1. The van der Waals surface area contributed by atoms with Gasteiger partial charge in [-0.2, -0.15) is 0 Å². The summed E-state index contributed by atoms with van der Waals surface area (Å²) in [7, 11) is 0. The van der Waals surface area contributed by atoms with E-state index in [1.807, 2.05) is 79.7 Å². The molecule has 1 aliphatic heterocycles. The number of hydrogen-bond donors (Lipinski definition) is 0. The number of fused-ring (bicyclic) bond motifs is 2. The Hall–Kier alpha value is -2.73. The zero-order chi connectivity index (χ0) is 22.2. The third-order valence-corrected chi connectivity index (χ3v) is 7.04. The second kappa shape index (κ2) is 8.66. The van der Waals surface area contributed by atoms with E-state index < -0.39 is 0 Å². The van der Waals surface area contributed by atoms with Crippen molar-refractivity contribution in [3.8, 4) is 11.3 Å². The molecule has 0 aliphatic carbocycles. The van der Waals surface area contributed by atoms with E-state index in [-0.39, 0.29) is 5.91 Å². The maximum atomic E-state index is 13.3. The van der Waals surface area contributed by atoms with Crippen LogP contribution in [-0.2, 0) is 4.79 Å². The Morgan fingerprint density at radius 1 is 1.00 bits per heavy atom. The molecule has 158 valence electrons. The van der Waals surface area contributed by atoms with Crippen LogP contribution >= 0.6 is 39.3 Å². The molecular formula is C26H17BrClNO2S. The molecule has 1 aliphatic rings. The van der Waals surface area contributed by atoms with E-state index in [0.29, 0.717) is 10.8 Å². The molecule has 32 heavy (non-hydrogen) atoms. The van der Waals surface area contributed by atoms with Crippen LogP contribution in [0.1, 0.15) is 11.3 Å². The second-order valence-electron chi connectivity index (χ2n) is 7.35. The van der Waals surface area contributed by atoms with Crippen molar-refractivity contribution < 1.29 is 9.21 Å². The zero-order valence-corrected chi connectivity index (χ0v) is 20.2. The predicted octanol–water partition coefficient (Wildman–Crippen LogP) is 8.51. The fourth-order valence-electron chi connectivity index (χ4n) is 3.68. The van der Waals surface area contributed by atoms with E-state index in [4.69, 9.17) is 16.0 Å². The fourth-order valence-corrected chi connectivity index (χ4v) is 5.36. The zero-order valence-electron chi connectivity index (χ0n) is 17.0.